The lowest BCUT2D eigenvalue weighted by molar-refractivity contribution is -0.139. The molecule has 0 radical (unpaired) electrons. The third kappa shape index (κ3) is 5.55. The number of carbonyl (C=O) groups is 2. The molecule has 2 atom stereocenters. The fourth-order valence-electron chi connectivity index (χ4n) is 1.28. The van der Waals surface area contributed by atoms with Crippen molar-refractivity contribution >= 4 is 12.0 Å². The van der Waals surface area contributed by atoms with E-state index in [-0.39, 0.29) is 6.54 Å². The lowest BCUT2D eigenvalue weighted by atomic mass is 10.2. The van der Waals surface area contributed by atoms with Gasteiger partial charge < -0.3 is 20.4 Å². The summed E-state index contributed by atoms with van der Waals surface area (Å²) in [4.78, 5) is 23.6. The Hall–Kier alpha value is -1.30. The van der Waals surface area contributed by atoms with E-state index in [0.29, 0.717) is 12.8 Å². The number of urea groups is 1. The molecule has 16 heavy (non-hydrogen) atoms. The summed E-state index contributed by atoms with van der Waals surface area (Å²) in [5.74, 6) is -1.04. The quantitative estimate of drug-likeness (QED) is 0.613. The molecule has 0 spiro atoms. The predicted molar refractivity (Wildman–Crippen MR) is 59.2 cm³/mol. The summed E-state index contributed by atoms with van der Waals surface area (Å²) >= 11 is 0. The third-order valence-electron chi connectivity index (χ3n) is 2.06. The van der Waals surface area contributed by atoms with Crippen molar-refractivity contribution in [3.8, 4) is 0 Å². The van der Waals surface area contributed by atoms with Crippen LogP contribution in [-0.4, -0.2) is 52.9 Å². The predicted octanol–water partition coefficient (Wildman–Crippen LogP) is 0.262. The molecule has 0 aliphatic rings. The van der Waals surface area contributed by atoms with Crippen molar-refractivity contribution in [2.75, 3.05) is 13.6 Å². The van der Waals surface area contributed by atoms with Crippen LogP contribution in [0.2, 0.25) is 0 Å². The molecule has 6 heteroatoms. The number of hydrogen-bond acceptors (Lipinski definition) is 3. The van der Waals surface area contributed by atoms with Crippen molar-refractivity contribution < 1.29 is 19.8 Å². The topological polar surface area (TPSA) is 89.9 Å². The highest BCUT2D eigenvalue weighted by atomic mass is 16.4. The first-order valence-electron chi connectivity index (χ1n) is 5.31. The molecule has 2 unspecified atom stereocenters. The number of aliphatic hydroxyl groups is 1. The van der Waals surface area contributed by atoms with Crippen molar-refractivity contribution in [3.63, 3.8) is 0 Å². The van der Waals surface area contributed by atoms with Gasteiger partial charge in [0.15, 0.2) is 0 Å². The molecule has 0 aliphatic carbocycles. The van der Waals surface area contributed by atoms with Gasteiger partial charge in [-0.25, -0.2) is 9.59 Å². The second kappa shape index (κ2) is 7.05. The molecule has 6 nitrogen and oxygen atoms in total. The summed E-state index contributed by atoms with van der Waals surface area (Å²) in [5, 5.41) is 20.3. The Kier molecular flexibility index (Phi) is 6.48. The van der Waals surface area contributed by atoms with Crippen LogP contribution in [0.4, 0.5) is 4.79 Å². The van der Waals surface area contributed by atoms with Crippen molar-refractivity contribution in [1.82, 2.24) is 10.2 Å². The maximum Gasteiger partial charge on any atom is 0.326 e. The van der Waals surface area contributed by atoms with Crippen molar-refractivity contribution in [2.24, 2.45) is 0 Å². The summed E-state index contributed by atoms with van der Waals surface area (Å²) in [5.41, 5.74) is 0. The minimum absolute atomic E-state index is 0.171. The fraction of sp³-hybridized carbons (Fsp3) is 0.800. The summed E-state index contributed by atoms with van der Waals surface area (Å²) in [6, 6.07) is -1.35. The van der Waals surface area contributed by atoms with Crippen LogP contribution in [0.5, 0.6) is 0 Å². The second-order valence-corrected chi connectivity index (χ2v) is 3.86. The van der Waals surface area contributed by atoms with Crippen molar-refractivity contribution in [1.29, 1.82) is 0 Å². The Labute approximate surface area is 95.2 Å². The van der Waals surface area contributed by atoms with E-state index < -0.39 is 24.1 Å². The molecular formula is C10H20N2O4. The Morgan fingerprint density at radius 1 is 1.44 bits per heavy atom. The third-order valence-corrected chi connectivity index (χ3v) is 2.06. The zero-order chi connectivity index (χ0) is 12.7. The normalized spacial score (nSPS) is 14.0. The van der Waals surface area contributed by atoms with E-state index in [1.165, 1.54) is 11.9 Å². The number of likely N-dealkylation sites (N-methyl/N-ethyl adjacent to an activating group) is 1. The number of aliphatic hydroxyl groups excluding tert-OH is 1. The molecule has 0 rings (SSSR count). The van der Waals surface area contributed by atoms with Crippen molar-refractivity contribution in [2.45, 2.75) is 38.8 Å². The SMILES string of the molecule is CCCC(NC(=O)N(C)CC(C)O)C(=O)O. The average molecular weight is 232 g/mol. The van der Waals surface area contributed by atoms with E-state index in [4.69, 9.17) is 10.2 Å². The maximum atomic E-state index is 11.5. The molecule has 0 aromatic heterocycles. The Bertz CT molecular complexity index is 243. The number of nitrogens with one attached hydrogen (secondary N) is 1. The van der Waals surface area contributed by atoms with Gasteiger partial charge in [-0.2, -0.15) is 0 Å². The second-order valence-electron chi connectivity index (χ2n) is 3.86. The Morgan fingerprint density at radius 2 is 2.00 bits per heavy atom. The smallest absolute Gasteiger partial charge is 0.326 e. The minimum atomic E-state index is -1.04. The van der Waals surface area contributed by atoms with E-state index in [1.54, 1.807) is 6.92 Å². The van der Waals surface area contributed by atoms with Crippen molar-refractivity contribution in [3.05, 3.63) is 0 Å². The number of nitrogens with zero attached hydrogens (tertiary/aromatic N) is 1. The first-order valence-corrected chi connectivity index (χ1v) is 5.31. The van der Waals surface area contributed by atoms with E-state index in [0.717, 1.165) is 0 Å². The molecule has 0 aromatic carbocycles. The van der Waals surface area contributed by atoms with Crippen LogP contribution in [-0.2, 0) is 4.79 Å². The monoisotopic (exact) mass is 232 g/mol. The minimum Gasteiger partial charge on any atom is -0.480 e. The van der Waals surface area contributed by atoms with Crippen LogP contribution in [0, 0.1) is 0 Å². The van der Waals surface area contributed by atoms with Crippen LogP contribution in [0.15, 0.2) is 0 Å². The van der Waals surface area contributed by atoms with Gasteiger partial charge in [-0.3, -0.25) is 0 Å². The van der Waals surface area contributed by atoms with Gasteiger partial charge in [0.05, 0.1) is 6.10 Å². The standard InChI is InChI=1S/C10H20N2O4/c1-4-5-8(9(14)15)11-10(16)12(3)6-7(2)13/h7-8,13H,4-6H2,1-3H3,(H,11,16)(H,14,15). The average Bonchev–Trinajstić information content (AvgIpc) is 2.15. The van der Waals surface area contributed by atoms with Gasteiger partial charge in [0.1, 0.15) is 6.04 Å². The number of rotatable bonds is 6. The highest BCUT2D eigenvalue weighted by Gasteiger charge is 2.20. The van der Waals surface area contributed by atoms with E-state index >= 15 is 0 Å². The first kappa shape index (κ1) is 14.7. The largest absolute Gasteiger partial charge is 0.480 e. The molecule has 2 amide bonds. The van der Waals surface area contributed by atoms with Gasteiger partial charge in [0, 0.05) is 13.6 Å². The number of carboxylic acids is 1. The molecule has 0 saturated heterocycles. The molecular weight excluding hydrogens is 212 g/mol. The van der Waals surface area contributed by atoms with Crippen LogP contribution < -0.4 is 5.32 Å². The lowest BCUT2D eigenvalue weighted by Crippen LogP contribution is -2.48. The van der Waals surface area contributed by atoms with E-state index in [2.05, 4.69) is 5.32 Å². The first-order chi connectivity index (χ1) is 7.38. The molecule has 3 N–H and O–H groups in total. The van der Waals surface area contributed by atoms with Gasteiger partial charge >= 0.3 is 12.0 Å². The van der Waals surface area contributed by atoms with Gasteiger partial charge in [0.25, 0.3) is 0 Å². The fourth-order valence-corrected chi connectivity index (χ4v) is 1.28. The summed E-state index contributed by atoms with van der Waals surface area (Å²) in [6.45, 7) is 3.58. The van der Waals surface area contributed by atoms with Gasteiger partial charge in [-0.1, -0.05) is 13.3 Å². The molecule has 0 bridgehead atoms. The highest BCUT2D eigenvalue weighted by molar-refractivity contribution is 5.82. The van der Waals surface area contributed by atoms with Crippen LogP contribution in [0.1, 0.15) is 26.7 Å². The van der Waals surface area contributed by atoms with Gasteiger partial charge in [-0.15, -0.1) is 0 Å². The summed E-state index contributed by atoms with van der Waals surface area (Å²) < 4.78 is 0. The number of hydrogen-bond donors (Lipinski definition) is 3. The number of carboxylic acid groups (broad SMARTS) is 1. The maximum absolute atomic E-state index is 11.5. The molecule has 94 valence electrons. The lowest BCUT2D eigenvalue weighted by Gasteiger charge is -2.22. The number of amides is 2. The summed E-state index contributed by atoms with van der Waals surface area (Å²) in [7, 11) is 1.51. The molecule has 0 aliphatic heterocycles. The number of aliphatic carboxylic acids is 1. The highest BCUT2D eigenvalue weighted by Crippen LogP contribution is 1.98. The van der Waals surface area contributed by atoms with E-state index in [9.17, 15) is 9.59 Å². The number of carbonyl (C=O) groups excluding carboxylic acids is 1. The Balaban J connectivity index is 4.23. The van der Waals surface area contributed by atoms with E-state index in [1.807, 2.05) is 6.92 Å². The van der Waals surface area contributed by atoms with Gasteiger partial charge in [-0.05, 0) is 13.3 Å². The van der Waals surface area contributed by atoms with Crippen LogP contribution in [0.25, 0.3) is 0 Å². The Morgan fingerprint density at radius 3 is 2.38 bits per heavy atom. The van der Waals surface area contributed by atoms with Crippen LogP contribution in [0.3, 0.4) is 0 Å². The molecule has 0 fully saturated rings. The molecule has 0 saturated carbocycles. The zero-order valence-electron chi connectivity index (χ0n) is 9.93. The zero-order valence-corrected chi connectivity index (χ0v) is 9.93. The van der Waals surface area contributed by atoms with Gasteiger partial charge in [0.2, 0.25) is 0 Å². The van der Waals surface area contributed by atoms with Crippen LogP contribution >= 0.6 is 0 Å². The molecule has 0 aromatic rings. The molecule has 0 heterocycles. The summed E-state index contributed by atoms with van der Waals surface area (Å²) in [6.07, 6.45) is 0.436.